The smallest absolute Gasteiger partial charge is 0.207 e. The van der Waals surface area contributed by atoms with Crippen molar-refractivity contribution in [3.8, 4) is 11.1 Å². The third-order valence-electron chi connectivity index (χ3n) is 4.08. The maximum atomic E-state index is 12.1. The summed E-state index contributed by atoms with van der Waals surface area (Å²) in [6.07, 6.45) is 12.6. The van der Waals surface area contributed by atoms with Gasteiger partial charge in [0.15, 0.2) is 0 Å². The average Bonchev–Trinajstić information content (AvgIpc) is 3.24. The summed E-state index contributed by atoms with van der Waals surface area (Å²) in [6.45, 7) is 0. The lowest BCUT2D eigenvalue weighted by Gasteiger charge is -1.95. The average molecular weight is 318 g/mol. The Balaban J connectivity index is 0.000000142. The Morgan fingerprint density at radius 1 is 0.609 bits per heavy atom. The van der Waals surface area contributed by atoms with Crippen LogP contribution in [0.15, 0.2) is 106 Å². The Morgan fingerprint density at radius 2 is 1.04 bits per heavy atom. The first kappa shape index (κ1) is 14.0. The van der Waals surface area contributed by atoms with E-state index in [0.29, 0.717) is 9.79 Å². The molecule has 2 nitrogen and oxygen atoms in total. The summed E-state index contributed by atoms with van der Waals surface area (Å²) in [5, 5.41) is 0. The number of hydrogen-bond donors (Lipinski definition) is 0. The van der Waals surface area contributed by atoms with Crippen LogP contribution < -0.4 is 0 Å². The summed E-state index contributed by atoms with van der Waals surface area (Å²) in [5.74, 6) is 0. The number of hydrogen-bond acceptors (Lipinski definition) is 2. The van der Waals surface area contributed by atoms with Crippen molar-refractivity contribution in [1.82, 2.24) is 0 Å². The molecule has 1 heterocycles. The molecule has 2 aromatic rings. The third kappa shape index (κ3) is 2.21. The minimum Gasteiger partial charge on any atom is -0.218 e. The van der Waals surface area contributed by atoms with E-state index in [1.54, 1.807) is 24.3 Å². The quantitative estimate of drug-likeness (QED) is 0.612. The molecule has 0 radical (unpaired) electrons. The van der Waals surface area contributed by atoms with Crippen molar-refractivity contribution in [3.05, 3.63) is 96.1 Å². The molecule has 0 spiro atoms. The summed E-state index contributed by atoms with van der Waals surface area (Å²) >= 11 is 0. The van der Waals surface area contributed by atoms with Crippen LogP contribution in [0.2, 0.25) is 0 Å². The van der Waals surface area contributed by atoms with Gasteiger partial charge in [-0.1, -0.05) is 72.9 Å². The van der Waals surface area contributed by atoms with E-state index < -0.39 is 9.84 Å². The van der Waals surface area contributed by atoms with Crippen molar-refractivity contribution in [2.45, 2.75) is 9.79 Å². The molecular formula is C20H14O2S. The molecule has 112 valence electrons. The van der Waals surface area contributed by atoms with Crippen LogP contribution in [0.3, 0.4) is 0 Å². The van der Waals surface area contributed by atoms with Gasteiger partial charge < -0.3 is 0 Å². The van der Waals surface area contributed by atoms with Crippen molar-refractivity contribution in [3.63, 3.8) is 0 Å². The topological polar surface area (TPSA) is 34.1 Å². The van der Waals surface area contributed by atoms with E-state index in [0.717, 1.165) is 11.1 Å². The molecule has 0 saturated carbocycles. The standard InChI is InChI=1S/C12H8O2S.C8H6/c13-15(14)11-7-3-1-5-9(11)10-6-2-4-8-12(10)15;1-3-7-5-2-6-8(7)4-1/h1-8H;1-6H. The Hall–Kier alpha value is -2.65. The molecule has 2 aromatic carbocycles. The van der Waals surface area contributed by atoms with E-state index in [1.807, 2.05) is 24.3 Å². The van der Waals surface area contributed by atoms with Crippen LogP contribution in [0.25, 0.3) is 11.1 Å². The first-order valence-corrected chi connectivity index (χ1v) is 8.87. The minimum absolute atomic E-state index is 0.422. The molecule has 0 saturated heterocycles. The Kier molecular flexibility index (Phi) is 3.17. The number of fused-ring (bicyclic) bond motifs is 4. The highest BCUT2D eigenvalue weighted by Gasteiger charge is 2.31. The van der Waals surface area contributed by atoms with Gasteiger partial charge in [0.1, 0.15) is 0 Å². The number of sulfone groups is 1. The molecular weight excluding hydrogens is 304 g/mol. The van der Waals surface area contributed by atoms with Crippen molar-refractivity contribution < 1.29 is 8.42 Å². The summed E-state index contributed by atoms with van der Waals surface area (Å²) in [6, 6.07) is 14.2. The van der Waals surface area contributed by atoms with E-state index >= 15 is 0 Å². The number of benzene rings is 2. The molecule has 0 bridgehead atoms. The van der Waals surface area contributed by atoms with E-state index in [1.165, 1.54) is 11.1 Å². The fourth-order valence-electron chi connectivity index (χ4n) is 2.97. The molecule has 5 rings (SSSR count). The molecule has 2 aliphatic carbocycles. The molecule has 3 aliphatic rings. The fraction of sp³-hybridized carbons (Fsp3) is 0. The van der Waals surface area contributed by atoms with Crippen LogP contribution >= 0.6 is 0 Å². The summed E-state index contributed by atoms with van der Waals surface area (Å²) in [4.78, 5) is 0.845. The highest BCUT2D eigenvalue weighted by molar-refractivity contribution is 7.92. The van der Waals surface area contributed by atoms with Crippen LogP contribution in [0.5, 0.6) is 0 Å². The van der Waals surface area contributed by atoms with Gasteiger partial charge in [-0.25, -0.2) is 8.42 Å². The molecule has 0 N–H and O–H groups in total. The highest BCUT2D eigenvalue weighted by atomic mass is 32.2. The molecule has 0 unspecified atom stereocenters. The van der Waals surface area contributed by atoms with Gasteiger partial charge >= 0.3 is 0 Å². The van der Waals surface area contributed by atoms with Crippen LogP contribution in [0, 0.1) is 0 Å². The molecule has 23 heavy (non-hydrogen) atoms. The van der Waals surface area contributed by atoms with Gasteiger partial charge in [0.05, 0.1) is 9.79 Å². The van der Waals surface area contributed by atoms with Crippen LogP contribution in [0.1, 0.15) is 0 Å². The first-order valence-electron chi connectivity index (χ1n) is 7.38. The van der Waals surface area contributed by atoms with Crippen LogP contribution in [0.4, 0.5) is 0 Å². The summed E-state index contributed by atoms with van der Waals surface area (Å²) in [7, 11) is -3.26. The second-order valence-corrected chi connectivity index (χ2v) is 7.34. The van der Waals surface area contributed by atoms with Crippen molar-refractivity contribution in [1.29, 1.82) is 0 Å². The normalized spacial score (nSPS) is 17.6. The Bertz CT molecular complexity index is 942. The Labute approximate surface area is 135 Å². The number of rotatable bonds is 0. The van der Waals surface area contributed by atoms with Gasteiger partial charge in [-0.3, -0.25) is 0 Å². The van der Waals surface area contributed by atoms with E-state index in [4.69, 9.17) is 0 Å². The molecule has 0 aromatic heterocycles. The second kappa shape index (κ2) is 5.21. The van der Waals surface area contributed by atoms with E-state index in [2.05, 4.69) is 36.5 Å². The SMILES string of the molecule is C1=CC2=CC=CC2=C1.O=S1(=O)c2ccccc2-c2ccccc21. The molecule has 0 amide bonds. The highest BCUT2D eigenvalue weighted by Crippen LogP contribution is 2.42. The zero-order chi connectivity index (χ0) is 15.9. The van der Waals surface area contributed by atoms with Gasteiger partial charge in [-0.2, -0.15) is 0 Å². The van der Waals surface area contributed by atoms with Gasteiger partial charge in [0.25, 0.3) is 0 Å². The fourth-order valence-corrected chi connectivity index (χ4v) is 4.66. The molecule has 1 aliphatic heterocycles. The molecule has 3 heteroatoms. The Morgan fingerprint density at radius 3 is 1.52 bits per heavy atom. The minimum atomic E-state index is -3.26. The predicted octanol–water partition coefficient (Wildman–Crippen LogP) is 4.48. The maximum absolute atomic E-state index is 12.1. The lowest BCUT2D eigenvalue weighted by molar-refractivity contribution is 0.598. The lowest BCUT2D eigenvalue weighted by atomic mass is 10.1. The van der Waals surface area contributed by atoms with Gasteiger partial charge in [0, 0.05) is 11.1 Å². The second-order valence-electron chi connectivity index (χ2n) is 5.46. The monoisotopic (exact) mass is 318 g/mol. The van der Waals surface area contributed by atoms with Crippen molar-refractivity contribution >= 4 is 9.84 Å². The van der Waals surface area contributed by atoms with Crippen molar-refractivity contribution in [2.24, 2.45) is 0 Å². The summed E-state index contributed by atoms with van der Waals surface area (Å²) in [5.41, 5.74) is 4.33. The van der Waals surface area contributed by atoms with E-state index in [-0.39, 0.29) is 0 Å². The first-order chi connectivity index (χ1) is 11.2. The van der Waals surface area contributed by atoms with Gasteiger partial charge in [0.2, 0.25) is 9.84 Å². The van der Waals surface area contributed by atoms with Crippen LogP contribution in [-0.2, 0) is 9.84 Å². The predicted molar refractivity (Wildman–Crippen MR) is 91.8 cm³/mol. The molecule has 0 fully saturated rings. The zero-order valence-corrected chi connectivity index (χ0v) is 13.1. The zero-order valence-electron chi connectivity index (χ0n) is 12.3. The largest absolute Gasteiger partial charge is 0.218 e. The maximum Gasteiger partial charge on any atom is 0.207 e. The van der Waals surface area contributed by atoms with E-state index in [9.17, 15) is 8.42 Å². The number of allylic oxidation sites excluding steroid dienone is 8. The molecule has 0 atom stereocenters. The van der Waals surface area contributed by atoms with Gasteiger partial charge in [-0.15, -0.1) is 0 Å². The van der Waals surface area contributed by atoms with Crippen LogP contribution in [-0.4, -0.2) is 8.42 Å². The third-order valence-corrected chi connectivity index (χ3v) is 5.95. The lowest BCUT2D eigenvalue weighted by Crippen LogP contribution is -1.95. The summed E-state index contributed by atoms with van der Waals surface area (Å²) < 4.78 is 24.2. The van der Waals surface area contributed by atoms with Gasteiger partial charge in [-0.05, 0) is 23.3 Å². The van der Waals surface area contributed by atoms with Crippen molar-refractivity contribution in [2.75, 3.05) is 0 Å².